The van der Waals surface area contributed by atoms with Gasteiger partial charge in [-0.15, -0.1) is 6.58 Å². The smallest absolute Gasteiger partial charge is 0.338 e. The number of benzene rings is 2. The van der Waals surface area contributed by atoms with Gasteiger partial charge >= 0.3 is 5.97 Å². The number of carbonyl (C=O) groups is 1. The van der Waals surface area contributed by atoms with E-state index in [1.54, 1.807) is 12.1 Å². The van der Waals surface area contributed by atoms with Crippen LogP contribution in [-0.4, -0.2) is 65.2 Å². The molecule has 0 aliphatic carbocycles. The fourth-order valence-corrected chi connectivity index (χ4v) is 3.10. The minimum atomic E-state index is -1.50. The van der Waals surface area contributed by atoms with Crippen LogP contribution in [-0.2, 0) is 20.8 Å². The van der Waals surface area contributed by atoms with Crippen molar-refractivity contribution < 1.29 is 39.1 Å². The molecular formula is C23H26O8. The Hall–Kier alpha value is -2.75. The van der Waals surface area contributed by atoms with Gasteiger partial charge in [0.15, 0.2) is 12.4 Å². The van der Waals surface area contributed by atoms with Crippen LogP contribution in [0.1, 0.15) is 15.9 Å². The predicted molar refractivity (Wildman–Crippen MR) is 110 cm³/mol. The van der Waals surface area contributed by atoms with E-state index in [1.165, 1.54) is 18.2 Å². The van der Waals surface area contributed by atoms with Crippen LogP contribution >= 0.6 is 0 Å². The molecule has 2 aromatic rings. The van der Waals surface area contributed by atoms with Gasteiger partial charge in [-0.05, 0) is 29.8 Å². The Bertz CT molecular complexity index is 838. The second-order valence-corrected chi connectivity index (χ2v) is 7.00. The first-order valence-electron chi connectivity index (χ1n) is 9.86. The van der Waals surface area contributed by atoms with Gasteiger partial charge in [0.25, 0.3) is 0 Å². The number of ether oxygens (including phenoxy) is 4. The van der Waals surface area contributed by atoms with Crippen LogP contribution in [0.25, 0.3) is 0 Å². The minimum absolute atomic E-state index is 0.0626. The number of esters is 1. The molecule has 0 amide bonds. The van der Waals surface area contributed by atoms with Crippen LogP contribution in [0.3, 0.4) is 0 Å². The normalized spacial score (nSPS) is 25.6. The summed E-state index contributed by atoms with van der Waals surface area (Å²) >= 11 is 0. The number of carbonyl (C=O) groups excluding carboxylic acids is 1. The number of aliphatic hydroxyl groups is 3. The largest absolute Gasteiger partial charge is 0.489 e. The first-order valence-corrected chi connectivity index (χ1v) is 9.86. The summed E-state index contributed by atoms with van der Waals surface area (Å²) < 4.78 is 21.9. The fourth-order valence-electron chi connectivity index (χ4n) is 3.10. The lowest BCUT2D eigenvalue weighted by molar-refractivity contribution is -0.297. The van der Waals surface area contributed by atoms with Crippen LogP contribution in [0.4, 0.5) is 0 Å². The highest BCUT2D eigenvalue weighted by Crippen LogP contribution is 2.26. The van der Waals surface area contributed by atoms with Gasteiger partial charge in [-0.25, -0.2) is 4.79 Å². The van der Waals surface area contributed by atoms with E-state index in [9.17, 15) is 20.1 Å². The van der Waals surface area contributed by atoms with E-state index < -0.39 is 43.3 Å². The third-order valence-corrected chi connectivity index (χ3v) is 4.78. The van der Waals surface area contributed by atoms with Crippen molar-refractivity contribution >= 4 is 5.97 Å². The zero-order valence-electron chi connectivity index (χ0n) is 16.9. The summed E-state index contributed by atoms with van der Waals surface area (Å²) in [6, 6.07) is 16.0. The Labute approximate surface area is 180 Å². The van der Waals surface area contributed by atoms with Crippen LogP contribution in [0.15, 0.2) is 67.3 Å². The van der Waals surface area contributed by atoms with Crippen LogP contribution < -0.4 is 4.74 Å². The molecule has 1 saturated heterocycles. The molecule has 0 bridgehead atoms. The molecule has 0 spiro atoms. The molecule has 1 fully saturated rings. The quantitative estimate of drug-likeness (QED) is 0.404. The Morgan fingerprint density at radius 1 is 1.06 bits per heavy atom. The van der Waals surface area contributed by atoms with Crippen molar-refractivity contribution in [2.75, 3.05) is 13.2 Å². The predicted octanol–water partition coefficient (Wildman–Crippen LogP) is 1.43. The maximum atomic E-state index is 12.6. The molecular weight excluding hydrogens is 404 g/mol. The van der Waals surface area contributed by atoms with Crippen molar-refractivity contribution in [1.82, 2.24) is 0 Å². The second kappa shape index (κ2) is 11.0. The molecule has 3 rings (SSSR count). The molecule has 8 nitrogen and oxygen atoms in total. The molecule has 1 aliphatic heterocycles. The summed E-state index contributed by atoms with van der Waals surface area (Å²) in [6.45, 7) is 3.46. The van der Waals surface area contributed by atoms with Gasteiger partial charge in [0.2, 0.25) is 0 Å². The van der Waals surface area contributed by atoms with Gasteiger partial charge < -0.3 is 34.3 Å². The average Bonchev–Trinajstić information content (AvgIpc) is 2.81. The lowest BCUT2D eigenvalue weighted by atomic mass is 9.99. The summed E-state index contributed by atoms with van der Waals surface area (Å²) in [4.78, 5) is 12.6. The van der Waals surface area contributed by atoms with Crippen LogP contribution in [0, 0.1) is 0 Å². The van der Waals surface area contributed by atoms with E-state index in [0.29, 0.717) is 12.4 Å². The van der Waals surface area contributed by atoms with E-state index in [0.717, 1.165) is 5.56 Å². The number of hydrogen-bond acceptors (Lipinski definition) is 8. The standard InChI is InChI=1S/C23H26O8/c1-2-12-28-23-21(20(26)19(25)18(13-24)30-23)31-22(27)16-8-10-17(11-9-16)29-14-15-6-4-3-5-7-15/h2-11,18-21,23-26H,1,12-14H2/t18-,19-,20+,21-,23+/m1/s1. The third-order valence-electron chi connectivity index (χ3n) is 4.78. The van der Waals surface area contributed by atoms with Crippen LogP contribution in [0.5, 0.6) is 5.75 Å². The molecule has 1 heterocycles. The average molecular weight is 430 g/mol. The van der Waals surface area contributed by atoms with Crippen molar-refractivity contribution in [3.63, 3.8) is 0 Å². The van der Waals surface area contributed by atoms with E-state index in [2.05, 4.69) is 6.58 Å². The SMILES string of the molecule is C=CCO[C@H]1O[C@H](CO)[C@@H](O)[C@H](O)[C@H]1OC(=O)c1ccc(OCc2ccccc2)cc1. The Kier molecular flexibility index (Phi) is 8.16. The lowest BCUT2D eigenvalue weighted by Gasteiger charge is -2.41. The highest BCUT2D eigenvalue weighted by molar-refractivity contribution is 5.89. The highest BCUT2D eigenvalue weighted by atomic mass is 16.7. The lowest BCUT2D eigenvalue weighted by Crippen LogP contribution is -2.60. The first kappa shape index (κ1) is 22.9. The fraction of sp³-hybridized carbons (Fsp3) is 0.348. The zero-order chi connectivity index (χ0) is 22.2. The molecule has 0 radical (unpaired) electrons. The number of aliphatic hydroxyl groups excluding tert-OH is 3. The first-order chi connectivity index (χ1) is 15.0. The van der Waals surface area contributed by atoms with E-state index >= 15 is 0 Å². The van der Waals surface area contributed by atoms with Crippen molar-refractivity contribution in [3.05, 3.63) is 78.4 Å². The molecule has 0 unspecified atom stereocenters. The molecule has 31 heavy (non-hydrogen) atoms. The Balaban J connectivity index is 1.63. The summed E-state index contributed by atoms with van der Waals surface area (Å²) in [5, 5.41) is 29.8. The molecule has 1 aliphatic rings. The van der Waals surface area contributed by atoms with E-state index in [4.69, 9.17) is 18.9 Å². The third kappa shape index (κ3) is 5.90. The molecule has 5 atom stereocenters. The monoisotopic (exact) mass is 430 g/mol. The van der Waals surface area contributed by atoms with Crippen molar-refractivity contribution in [3.8, 4) is 5.75 Å². The molecule has 2 aromatic carbocycles. The second-order valence-electron chi connectivity index (χ2n) is 7.00. The minimum Gasteiger partial charge on any atom is -0.489 e. The van der Waals surface area contributed by atoms with Gasteiger partial charge in [0.05, 0.1) is 18.8 Å². The Morgan fingerprint density at radius 3 is 2.42 bits per heavy atom. The van der Waals surface area contributed by atoms with Gasteiger partial charge in [0, 0.05) is 0 Å². The van der Waals surface area contributed by atoms with Crippen molar-refractivity contribution in [2.24, 2.45) is 0 Å². The number of rotatable bonds is 9. The van der Waals surface area contributed by atoms with Gasteiger partial charge in [0.1, 0.15) is 30.7 Å². The van der Waals surface area contributed by atoms with E-state index in [1.807, 2.05) is 30.3 Å². The molecule has 0 aromatic heterocycles. The maximum Gasteiger partial charge on any atom is 0.338 e. The van der Waals surface area contributed by atoms with Gasteiger partial charge in [-0.3, -0.25) is 0 Å². The van der Waals surface area contributed by atoms with Gasteiger partial charge in [-0.1, -0.05) is 36.4 Å². The molecule has 8 heteroatoms. The summed E-state index contributed by atoms with van der Waals surface area (Å²) in [5.74, 6) is -0.154. The van der Waals surface area contributed by atoms with Gasteiger partial charge in [-0.2, -0.15) is 0 Å². The Morgan fingerprint density at radius 2 is 1.77 bits per heavy atom. The summed E-state index contributed by atoms with van der Waals surface area (Å²) in [5.41, 5.74) is 1.24. The highest BCUT2D eigenvalue weighted by Gasteiger charge is 2.47. The summed E-state index contributed by atoms with van der Waals surface area (Å²) in [6.07, 6.45) is -5.02. The molecule has 3 N–H and O–H groups in total. The van der Waals surface area contributed by atoms with Crippen molar-refractivity contribution in [2.45, 2.75) is 37.3 Å². The summed E-state index contributed by atoms with van der Waals surface area (Å²) in [7, 11) is 0. The maximum absolute atomic E-state index is 12.6. The van der Waals surface area contributed by atoms with Crippen LogP contribution in [0.2, 0.25) is 0 Å². The van der Waals surface area contributed by atoms with E-state index in [-0.39, 0.29) is 12.2 Å². The zero-order valence-corrected chi connectivity index (χ0v) is 16.9. The topological polar surface area (TPSA) is 115 Å². The molecule has 0 saturated carbocycles. The molecule has 166 valence electrons. The number of hydrogen-bond donors (Lipinski definition) is 3. The van der Waals surface area contributed by atoms with Crippen molar-refractivity contribution in [1.29, 1.82) is 0 Å².